The first-order valence-corrected chi connectivity index (χ1v) is 4.80. The second-order valence-corrected chi connectivity index (χ2v) is 3.08. The van der Waals surface area contributed by atoms with Gasteiger partial charge in [0.1, 0.15) is 36.6 Å². The molecule has 0 amide bonds. The normalized spacial score (nSPS) is 8.06. The van der Waals surface area contributed by atoms with Crippen LogP contribution in [-0.2, 0) is 13.6 Å². The Morgan fingerprint density at radius 3 is 2.35 bits per heavy atom. The molecule has 0 unspecified atom stereocenters. The lowest BCUT2D eigenvalue weighted by Gasteiger charge is -1.93. The maximum atomic E-state index is 8.62. The zero-order valence-electron chi connectivity index (χ0n) is 9.75. The molecule has 0 aliphatic rings. The minimum atomic E-state index is -0.403. The van der Waals surface area contributed by atoms with Gasteiger partial charge in [-0.15, -0.1) is 0 Å². The van der Waals surface area contributed by atoms with Gasteiger partial charge in [-0.25, -0.2) is 15.0 Å². The maximum Gasteiger partial charge on any atom is 0.253 e. The predicted octanol–water partition coefficient (Wildman–Crippen LogP) is -0.188. The van der Waals surface area contributed by atoms with Gasteiger partial charge in [0.05, 0.1) is 13.7 Å². The fourth-order valence-electron chi connectivity index (χ4n) is 1.02. The maximum absolute atomic E-state index is 8.62. The molecule has 17 heavy (non-hydrogen) atoms. The topological polar surface area (TPSA) is 98.9 Å². The SMILES string of the molecule is Cc1n(CCO)cc[n+]1C.N#CC(=C=[N-])C#N. The first-order chi connectivity index (χ1) is 8.10. The van der Waals surface area contributed by atoms with Crippen LogP contribution >= 0.6 is 0 Å². The number of aryl methyl sites for hydroxylation is 1. The number of aromatic nitrogens is 2. The Balaban J connectivity index is 0.000000325. The molecule has 0 bridgehead atoms. The molecule has 0 spiro atoms. The summed E-state index contributed by atoms with van der Waals surface area (Å²) in [6, 6.07) is 2.79. The van der Waals surface area contributed by atoms with Crippen molar-refractivity contribution in [2.45, 2.75) is 13.5 Å². The average Bonchev–Trinajstić information content (AvgIpc) is 2.65. The zero-order valence-corrected chi connectivity index (χ0v) is 9.75. The minimum Gasteiger partial charge on any atom is -0.762 e. The summed E-state index contributed by atoms with van der Waals surface area (Å²) in [5.74, 6) is 2.56. The van der Waals surface area contributed by atoms with Crippen LogP contribution in [0.15, 0.2) is 18.0 Å². The summed E-state index contributed by atoms with van der Waals surface area (Å²) in [5, 5.41) is 32.0. The fraction of sp³-hybridized carbons (Fsp3) is 0.364. The molecule has 88 valence electrons. The molecule has 1 heterocycles. The Kier molecular flexibility index (Phi) is 6.73. The minimum absolute atomic E-state index is 0.204. The second kappa shape index (κ2) is 7.84. The van der Waals surface area contributed by atoms with Gasteiger partial charge < -0.3 is 10.5 Å². The van der Waals surface area contributed by atoms with Crippen LogP contribution in [0.2, 0.25) is 0 Å². The highest BCUT2D eigenvalue weighted by Gasteiger charge is 2.05. The molecule has 0 radical (unpaired) electrons. The highest BCUT2D eigenvalue weighted by Crippen LogP contribution is 1.90. The van der Waals surface area contributed by atoms with Gasteiger partial charge in [0.2, 0.25) is 0 Å². The monoisotopic (exact) mass is 231 g/mol. The Morgan fingerprint density at radius 2 is 2.12 bits per heavy atom. The summed E-state index contributed by atoms with van der Waals surface area (Å²) >= 11 is 0. The number of aliphatic hydroxyl groups excluding tert-OH is 1. The highest BCUT2D eigenvalue weighted by atomic mass is 16.3. The van der Waals surface area contributed by atoms with Gasteiger partial charge in [0, 0.05) is 6.92 Å². The van der Waals surface area contributed by atoms with Gasteiger partial charge in [-0.2, -0.15) is 10.5 Å². The van der Waals surface area contributed by atoms with E-state index in [1.807, 2.05) is 35.5 Å². The number of hydrogen-bond donors (Lipinski definition) is 1. The third kappa shape index (κ3) is 4.76. The number of allylic oxidation sites excluding steroid dienone is 1. The second-order valence-electron chi connectivity index (χ2n) is 3.08. The van der Waals surface area contributed by atoms with E-state index < -0.39 is 5.57 Å². The van der Waals surface area contributed by atoms with E-state index in [4.69, 9.17) is 21.0 Å². The van der Waals surface area contributed by atoms with Crippen LogP contribution in [0.3, 0.4) is 0 Å². The van der Waals surface area contributed by atoms with Crippen LogP contribution in [0, 0.1) is 29.6 Å². The predicted molar refractivity (Wildman–Crippen MR) is 60.5 cm³/mol. The van der Waals surface area contributed by atoms with Crippen molar-refractivity contribution < 1.29 is 9.67 Å². The Labute approximate surface area is 99.8 Å². The lowest BCUT2D eigenvalue weighted by atomic mass is 10.4. The van der Waals surface area contributed by atoms with Gasteiger partial charge in [-0.1, -0.05) is 0 Å². The largest absolute Gasteiger partial charge is 0.762 e. The third-order valence-electron chi connectivity index (χ3n) is 2.07. The fourth-order valence-corrected chi connectivity index (χ4v) is 1.02. The molecule has 1 rings (SSSR count). The summed E-state index contributed by atoms with van der Waals surface area (Å²) in [7, 11) is 1.99. The number of nitriles is 2. The number of aliphatic hydroxyl groups is 1. The standard InChI is InChI=1S/C7H13N2O.C4N3/c1-7-8(2)3-4-9(7)5-6-10;5-1-4(2-6)3-7/h3-4,10H,5-6H2,1-2H3;/q+1;-1. The molecule has 0 saturated heterocycles. The molecule has 6 heteroatoms. The molecule has 1 aromatic heterocycles. The van der Waals surface area contributed by atoms with Crippen molar-refractivity contribution in [3.63, 3.8) is 0 Å². The van der Waals surface area contributed by atoms with E-state index >= 15 is 0 Å². The van der Waals surface area contributed by atoms with E-state index in [2.05, 4.69) is 0 Å². The molecule has 1 N–H and O–H groups in total. The molecule has 0 atom stereocenters. The first kappa shape index (κ1) is 14.6. The van der Waals surface area contributed by atoms with Crippen LogP contribution in [0.5, 0.6) is 0 Å². The molecule has 0 aromatic carbocycles. The van der Waals surface area contributed by atoms with Crippen molar-refractivity contribution in [1.29, 1.82) is 10.5 Å². The van der Waals surface area contributed by atoms with Crippen LogP contribution in [0.25, 0.3) is 5.41 Å². The van der Waals surface area contributed by atoms with Crippen LogP contribution in [0.1, 0.15) is 5.82 Å². The average molecular weight is 231 g/mol. The van der Waals surface area contributed by atoms with Gasteiger partial charge in [-0.05, 0) is 0 Å². The molecule has 0 fully saturated rings. The van der Waals surface area contributed by atoms with E-state index in [0.29, 0.717) is 6.54 Å². The first-order valence-electron chi connectivity index (χ1n) is 4.80. The number of nitrogens with zero attached hydrogens (tertiary/aromatic N) is 5. The van der Waals surface area contributed by atoms with Crippen LogP contribution in [0.4, 0.5) is 0 Å². The molecule has 0 saturated carbocycles. The van der Waals surface area contributed by atoms with Gasteiger partial charge in [-0.3, -0.25) is 0 Å². The molecule has 1 aromatic rings. The lowest BCUT2D eigenvalue weighted by molar-refractivity contribution is -0.677. The number of imidazole rings is 1. The van der Waals surface area contributed by atoms with Gasteiger partial charge in [0.15, 0.2) is 0 Å². The molecular weight excluding hydrogens is 218 g/mol. The Bertz CT molecular complexity index is 481. The van der Waals surface area contributed by atoms with Crippen LogP contribution < -0.4 is 4.57 Å². The van der Waals surface area contributed by atoms with Crippen LogP contribution in [-0.4, -0.2) is 22.2 Å². The van der Waals surface area contributed by atoms with E-state index in [1.165, 1.54) is 18.0 Å². The molecular formula is C11H13N5O. The van der Waals surface area contributed by atoms with Crippen molar-refractivity contribution in [3.8, 4) is 12.1 Å². The lowest BCUT2D eigenvalue weighted by Crippen LogP contribution is -2.29. The summed E-state index contributed by atoms with van der Waals surface area (Å²) in [4.78, 5) is 0. The number of hydrogen-bond acceptors (Lipinski definition) is 3. The Hall–Kier alpha value is -2.40. The van der Waals surface area contributed by atoms with E-state index in [9.17, 15) is 0 Å². The molecule has 0 aliphatic heterocycles. The van der Waals surface area contributed by atoms with Crippen molar-refractivity contribution in [2.75, 3.05) is 6.61 Å². The number of rotatable bonds is 2. The van der Waals surface area contributed by atoms with Gasteiger partial charge in [0.25, 0.3) is 5.82 Å². The smallest absolute Gasteiger partial charge is 0.253 e. The van der Waals surface area contributed by atoms with Crippen molar-refractivity contribution >= 4 is 5.87 Å². The van der Waals surface area contributed by atoms with Crippen molar-refractivity contribution in [2.24, 2.45) is 7.05 Å². The van der Waals surface area contributed by atoms with E-state index in [0.717, 1.165) is 5.82 Å². The Morgan fingerprint density at radius 1 is 1.53 bits per heavy atom. The summed E-state index contributed by atoms with van der Waals surface area (Å²) in [5.41, 5.74) is -0.403. The molecule has 0 aliphatic carbocycles. The summed E-state index contributed by atoms with van der Waals surface area (Å²) in [6.07, 6.45) is 3.94. The summed E-state index contributed by atoms with van der Waals surface area (Å²) in [6.45, 7) is 2.91. The quantitative estimate of drug-likeness (QED) is 0.434. The van der Waals surface area contributed by atoms with E-state index in [-0.39, 0.29) is 6.61 Å². The van der Waals surface area contributed by atoms with Crippen molar-refractivity contribution in [3.05, 3.63) is 29.2 Å². The zero-order chi connectivity index (χ0) is 13.3. The van der Waals surface area contributed by atoms with Gasteiger partial charge >= 0.3 is 0 Å². The summed E-state index contributed by atoms with van der Waals surface area (Å²) < 4.78 is 4.04. The molecule has 6 nitrogen and oxygen atoms in total. The van der Waals surface area contributed by atoms with E-state index in [1.54, 1.807) is 0 Å². The third-order valence-corrected chi connectivity index (χ3v) is 2.07. The highest BCUT2D eigenvalue weighted by molar-refractivity contribution is 5.71. The van der Waals surface area contributed by atoms with Crippen molar-refractivity contribution in [1.82, 2.24) is 4.57 Å².